The molecule has 238 valence electrons. The fourth-order valence-electron chi connectivity index (χ4n) is 4.50. The van der Waals surface area contributed by atoms with Gasteiger partial charge < -0.3 is 14.7 Å². The van der Waals surface area contributed by atoms with Crippen molar-refractivity contribution in [2.24, 2.45) is 0 Å². The van der Waals surface area contributed by atoms with Gasteiger partial charge in [-0.3, -0.25) is 14.7 Å². The van der Waals surface area contributed by atoms with Gasteiger partial charge in [0, 0.05) is 47.3 Å². The average Bonchev–Trinajstić information content (AvgIpc) is 3.54. The highest BCUT2D eigenvalue weighted by Crippen LogP contribution is 2.29. The van der Waals surface area contributed by atoms with Gasteiger partial charge in [-0.05, 0) is 75.2 Å². The molecule has 5 aromatic rings. The number of aromatic nitrogens is 3. The predicted octanol–water partition coefficient (Wildman–Crippen LogP) is 6.58. The van der Waals surface area contributed by atoms with Crippen LogP contribution in [0.1, 0.15) is 38.0 Å². The number of carbonyl (C=O) groups excluding carboxylic acids is 1. The Balaban J connectivity index is 1.21. The number of amides is 1. The Bertz CT molecular complexity index is 1840. The molecule has 2 aromatic carbocycles. The first kappa shape index (κ1) is 32.7. The molecule has 12 heteroatoms. The molecule has 5 rings (SSSR count). The molecule has 0 fully saturated rings. The fraction of sp³-hybridized carbons (Fsp3) is 0.235. The van der Waals surface area contributed by atoms with Gasteiger partial charge in [0.15, 0.2) is 0 Å². The molecule has 0 saturated carbocycles. The van der Waals surface area contributed by atoms with Crippen molar-refractivity contribution in [3.63, 3.8) is 0 Å². The zero-order valence-electron chi connectivity index (χ0n) is 25.7. The van der Waals surface area contributed by atoms with Crippen LogP contribution in [0.15, 0.2) is 108 Å². The topological polar surface area (TPSA) is 135 Å². The lowest BCUT2D eigenvalue weighted by Crippen LogP contribution is -2.40. The van der Waals surface area contributed by atoms with E-state index >= 15 is 0 Å². The van der Waals surface area contributed by atoms with E-state index in [4.69, 9.17) is 4.74 Å². The number of pyridine rings is 2. The zero-order chi connectivity index (χ0) is 32.7. The smallest absolute Gasteiger partial charge is 0.410 e. The van der Waals surface area contributed by atoms with Crippen LogP contribution in [-0.4, -0.2) is 58.2 Å². The molecule has 3 aromatic heterocycles. The Labute approximate surface area is 272 Å². The van der Waals surface area contributed by atoms with Crippen LogP contribution in [0, 0.1) is 0 Å². The number of aliphatic hydroxyl groups is 1. The Morgan fingerprint density at radius 3 is 2.39 bits per heavy atom. The summed E-state index contributed by atoms with van der Waals surface area (Å²) < 4.78 is 34.5. The van der Waals surface area contributed by atoms with E-state index < -0.39 is 27.8 Å². The molecule has 0 unspecified atom stereocenters. The van der Waals surface area contributed by atoms with Gasteiger partial charge in [-0.25, -0.2) is 18.2 Å². The number of anilines is 1. The van der Waals surface area contributed by atoms with Crippen molar-refractivity contribution < 1.29 is 23.1 Å². The summed E-state index contributed by atoms with van der Waals surface area (Å²) in [5.74, 6) is 0. The molecule has 0 aliphatic carbocycles. The molecule has 0 aliphatic heterocycles. The maximum atomic E-state index is 13.1. The lowest BCUT2D eigenvalue weighted by atomic mass is 10.1. The maximum absolute atomic E-state index is 13.1. The summed E-state index contributed by atoms with van der Waals surface area (Å²) in [5, 5.41) is 13.4. The van der Waals surface area contributed by atoms with Crippen LogP contribution in [0.25, 0.3) is 22.0 Å². The lowest BCUT2D eigenvalue weighted by Gasteiger charge is -2.29. The second-order valence-electron chi connectivity index (χ2n) is 11.6. The number of rotatable bonds is 11. The van der Waals surface area contributed by atoms with E-state index in [1.54, 1.807) is 100 Å². The lowest BCUT2D eigenvalue weighted by molar-refractivity contribution is 0.0146. The van der Waals surface area contributed by atoms with Gasteiger partial charge in [-0.15, -0.1) is 11.3 Å². The summed E-state index contributed by atoms with van der Waals surface area (Å²) in [4.78, 5) is 27.6. The first-order valence-corrected chi connectivity index (χ1v) is 17.0. The summed E-state index contributed by atoms with van der Waals surface area (Å²) >= 11 is 1.47. The number of carbonyl (C=O) groups is 1. The van der Waals surface area contributed by atoms with Crippen molar-refractivity contribution in [3.05, 3.63) is 114 Å². The second-order valence-corrected chi connectivity index (χ2v) is 14.1. The van der Waals surface area contributed by atoms with E-state index in [1.807, 2.05) is 23.6 Å². The van der Waals surface area contributed by atoms with Gasteiger partial charge in [0.25, 0.3) is 10.0 Å². The largest absolute Gasteiger partial charge is 0.444 e. The Morgan fingerprint density at radius 1 is 0.978 bits per heavy atom. The SMILES string of the molecule is CC(C)(C)OC(=O)N(CCc1ccc(NS(=O)(=O)c2ccc(-c3nc(-c4ccccn4)cs3)cc2)cc1)C[C@H](O)c1cccnc1. The highest BCUT2D eigenvalue weighted by atomic mass is 32.2. The van der Waals surface area contributed by atoms with Crippen LogP contribution in [0.4, 0.5) is 10.5 Å². The quantitative estimate of drug-likeness (QED) is 0.163. The Kier molecular flexibility index (Phi) is 10.1. The van der Waals surface area contributed by atoms with E-state index in [0.29, 0.717) is 17.7 Å². The summed E-state index contributed by atoms with van der Waals surface area (Å²) in [5.41, 5.74) is 3.54. The first-order chi connectivity index (χ1) is 22.0. The maximum Gasteiger partial charge on any atom is 0.410 e. The monoisotopic (exact) mass is 657 g/mol. The number of hydrogen-bond acceptors (Lipinski definition) is 9. The van der Waals surface area contributed by atoms with Crippen molar-refractivity contribution in [1.29, 1.82) is 0 Å². The second kappa shape index (κ2) is 14.2. The molecule has 0 aliphatic rings. The van der Waals surface area contributed by atoms with E-state index in [9.17, 15) is 18.3 Å². The zero-order valence-corrected chi connectivity index (χ0v) is 27.3. The van der Waals surface area contributed by atoms with Crippen molar-refractivity contribution >= 4 is 33.1 Å². The van der Waals surface area contributed by atoms with Gasteiger partial charge in [0.05, 0.1) is 23.2 Å². The Hall–Kier alpha value is -4.65. The highest BCUT2D eigenvalue weighted by molar-refractivity contribution is 7.92. The van der Waals surface area contributed by atoms with Gasteiger partial charge in [-0.2, -0.15) is 0 Å². The molecular weight excluding hydrogens is 623 g/mol. The first-order valence-electron chi connectivity index (χ1n) is 14.6. The normalized spacial score (nSPS) is 12.3. The molecule has 2 N–H and O–H groups in total. The average molecular weight is 658 g/mol. The molecule has 0 bridgehead atoms. The van der Waals surface area contributed by atoms with Gasteiger partial charge in [-0.1, -0.05) is 36.4 Å². The molecule has 1 atom stereocenters. The van der Waals surface area contributed by atoms with Crippen molar-refractivity contribution in [2.45, 2.75) is 43.8 Å². The van der Waals surface area contributed by atoms with Crippen LogP contribution in [-0.2, 0) is 21.2 Å². The predicted molar refractivity (Wildman–Crippen MR) is 179 cm³/mol. The molecule has 3 heterocycles. The molecule has 0 radical (unpaired) electrons. The number of nitrogens with one attached hydrogen (secondary N) is 1. The van der Waals surface area contributed by atoms with Crippen molar-refractivity contribution in [3.8, 4) is 22.0 Å². The van der Waals surface area contributed by atoms with Crippen LogP contribution < -0.4 is 4.72 Å². The summed E-state index contributed by atoms with van der Waals surface area (Å²) in [7, 11) is -3.84. The van der Waals surface area contributed by atoms with Gasteiger partial charge >= 0.3 is 6.09 Å². The molecule has 0 spiro atoms. The number of nitrogens with zero attached hydrogens (tertiary/aromatic N) is 4. The molecule has 0 saturated heterocycles. The third-order valence-corrected chi connectivity index (χ3v) is 9.12. The van der Waals surface area contributed by atoms with E-state index in [-0.39, 0.29) is 18.0 Å². The molecule has 1 amide bonds. The van der Waals surface area contributed by atoms with Gasteiger partial charge in [0.2, 0.25) is 0 Å². The standard InChI is InChI=1S/C34H35N5O5S2/c1-34(2,3)44-33(41)39(22-31(40)26-7-6-18-35-21-26)20-17-24-9-13-27(14-10-24)38-46(42,43)28-15-11-25(12-16-28)32-37-30(23-45-32)29-8-4-5-19-36-29/h4-16,18-19,21,23,31,38,40H,17,20,22H2,1-3H3/t31-/m0/s1. The van der Waals surface area contributed by atoms with Crippen LogP contribution in [0.2, 0.25) is 0 Å². The third kappa shape index (κ3) is 8.75. The number of benzene rings is 2. The number of sulfonamides is 1. The minimum absolute atomic E-state index is 0.0330. The van der Waals surface area contributed by atoms with Crippen LogP contribution in [0.3, 0.4) is 0 Å². The van der Waals surface area contributed by atoms with Crippen molar-refractivity contribution in [1.82, 2.24) is 19.9 Å². The molecule has 10 nitrogen and oxygen atoms in total. The van der Waals surface area contributed by atoms with Gasteiger partial charge in [0.1, 0.15) is 16.3 Å². The minimum atomic E-state index is -3.84. The van der Waals surface area contributed by atoms with E-state index in [1.165, 1.54) is 16.2 Å². The van der Waals surface area contributed by atoms with Crippen molar-refractivity contribution in [2.75, 3.05) is 17.8 Å². The Morgan fingerprint density at radius 2 is 1.74 bits per heavy atom. The number of ether oxygens (including phenoxy) is 1. The van der Waals surface area contributed by atoms with E-state index in [2.05, 4.69) is 19.7 Å². The summed E-state index contributed by atoms with van der Waals surface area (Å²) in [6, 6.07) is 22.7. The number of thiazole rings is 1. The molecule has 46 heavy (non-hydrogen) atoms. The summed E-state index contributed by atoms with van der Waals surface area (Å²) in [6.07, 6.45) is 3.89. The van der Waals surface area contributed by atoms with Crippen LogP contribution in [0.5, 0.6) is 0 Å². The molecular formula is C34H35N5O5S2. The third-order valence-electron chi connectivity index (χ3n) is 6.83. The number of hydrogen-bond donors (Lipinski definition) is 2. The summed E-state index contributed by atoms with van der Waals surface area (Å²) in [6.45, 7) is 5.68. The fourth-order valence-corrected chi connectivity index (χ4v) is 6.38. The van der Waals surface area contributed by atoms with E-state index in [0.717, 1.165) is 27.5 Å². The highest BCUT2D eigenvalue weighted by Gasteiger charge is 2.25. The number of aliphatic hydroxyl groups excluding tert-OH is 1. The minimum Gasteiger partial charge on any atom is -0.444 e. The van der Waals surface area contributed by atoms with Crippen LogP contribution >= 0.6 is 11.3 Å².